The number of piperidine rings is 1. The van der Waals surface area contributed by atoms with Gasteiger partial charge >= 0.3 is 11.8 Å². The summed E-state index contributed by atoms with van der Waals surface area (Å²) in [5.41, 5.74) is 8.22. The lowest BCUT2D eigenvalue weighted by Crippen LogP contribution is -2.45. The number of aromatic nitrogens is 2. The lowest BCUT2D eigenvalue weighted by Gasteiger charge is -2.28. The van der Waals surface area contributed by atoms with E-state index in [1.165, 1.54) is 16.2 Å². The predicted octanol–water partition coefficient (Wildman–Crippen LogP) is 4.72. The molecule has 14 heteroatoms. The Labute approximate surface area is 340 Å². The maximum Gasteiger partial charge on any atom is 0.407 e. The molecule has 3 atom stereocenters. The van der Waals surface area contributed by atoms with Crippen LogP contribution in [0.1, 0.15) is 102 Å². The number of unbranched alkanes of at least 4 members (excludes halogenated alkanes) is 3. The molecule has 1 aliphatic rings. The van der Waals surface area contributed by atoms with Crippen molar-refractivity contribution < 1.29 is 38.1 Å². The number of fused-ring (bicyclic) bond motifs is 1. The van der Waals surface area contributed by atoms with Crippen LogP contribution < -0.4 is 16.7 Å². The second kappa shape index (κ2) is 21.9. The average molecular weight is 800 g/mol. The highest BCUT2D eigenvalue weighted by molar-refractivity contribution is 5.99. The molecule has 0 bridgehead atoms. The number of alkyl carbamates (subject to hydrolysis) is 1. The number of nitrogens with zero attached hydrogens (tertiary/aromatic N) is 3. The van der Waals surface area contributed by atoms with E-state index in [-0.39, 0.29) is 36.4 Å². The van der Waals surface area contributed by atoms with Gasteiger partial charge in [-0.3, -0.25) is 28.4 Å². The first-order chi connectivity index (χ1) is 27.6. The topological polar surface area (TPSA) is 173 Å². The Bertz CT molecular complexity index is 2080. The molecule has 1 saturated heterocycles. The molecule has 2 aromatic carbocycles. The summed E-state index contributed by atoms with van der Waals surface area (Å²) in [6.07, 6.45) is 3.88. The molecule has 0 spiro atoms. The zero-order valence-electron chi connectivity index (χ0n) is 34.6. The molecule has 3 aromatic rings. The van der Waals surface area contributed by atoms with Gasteiger partial charge in [0.1, 0.15) is 24.9 Å². The molecule has 4 amide bonds. The van der Waals surface area contributed by atoms with Crippen LogP contribution in [-0.2, 0) is 47.0 Å². The molecule has 3 N–H and O–H groups in total. The summed E-state index contributed by atoms with van der Waals surface area (Å²) in [4.78, 5) is 62.5. The van der Waals surface area contributed by atoms with E-state index in [1.807, 2.05) is 43.3 Å². The molecule has 0 saturated carbocycles. The monoisotopic (exact) mass is 799 g/mol. The lowest BCUT2D eigenvalue weighted by molar-refractivity contribution is -0.149. The number of carbonyl (C=O) groups excluding carboxylic acids is 4. The van der Waals surface area contributed by atoms with Crippen molar-refractivity contribution in [2.45, 2.75) is 109 Å². The third kappa shape index (κ3) is 13.9. The molecule has 2 heterocycles. The van der Waals surface area contributed by atoms with Crippen molar-refractivity contribution in [3.05, 3.63) is 69.6 Å². The van der Waals surface area contributed by atoms with Crippen LogP contribution in [0.3, 0.4) is 0 Å². The first kappa shape index (κ1) is 45.3. The van der Waals surface area contributed by atoms with Gasteiger partial charge in [-0.05, 0) is 89.3 Å². The van der Waals surface area contributed by atoms with Crippen molar-refractivity contribution in [2.75, 3.05) is 33.5 Å². The third-order valence-electron chi connectivity index (χ3n) is 9.60. The van der Waals surface area contributed by atoms with Crippen molar-refractivity contribution >= 4 is 34.8 Å². The number of ether oxygens (including phenoxy) is 4. The molecule has 58 heavy (non-hydrogen) atoms. The van der Waals surface area contributed by atoms with Gasteiger partial charge < -0.3 is 30.0 Å². The van der Waals surface area contributed by atoms with E-state index >= 15 is 0 Å². The van der Waals surface area contributed by atoms with Crippen LogP contribution in [0.25, 0.3) is 11.0 Å². The smallest absolute Gasteiger partial charge is 0.407 e. The van der Waals surface area contributed by atoms with Gasteiger partial charge in [-0.1, -0.05) is 48.7 Å². The summed E-state index contributed by atoms with van der Waals surface area (Å²) in [5, 5.41) is 2.80. The van der Waals surface area contributed by atoms with Crippen molar-refractivity contribution in [1.29, 1.82) is 0 Å². The lowest BCUT2D eigenvalue weighted by atomic mass is 10.0. The fourth-order valence-corrected chi connectivity index (χ4v) is 6.37. The number of nitrogens with one attached hydrogen (secondary N) is 1. The molecule has 14 nitrogen and oxygen atoms in total. The van der Waals surface area contributed by atoms with Crippen molar-refractivity contribution in [3.8, 4) is 23.7 Å². The molecule has 1 fully saturated rings. The molecule has 0 aliphatic carbocycles. The number of aryl methyl sites for hydroxylation is 1. The molecular weight excluding hydrogens is 743 g/mol. The number of likely N-dealkylation sites (tertiary alicyclic amines) is 1. The Balaban J connectivity index is 1.07. The van der Waals surface area contributed by atoms with E-state index in [1.54, 1.807) is 33.9 Å². The highest BCUT2D eigenvalue weighted by Gasteiger charge is 2.35. The van der Waals surface area contributed by atoms with Crippen LogP contribution in [0.5, 0.6) is 0 Å². The predicted molar refractivity (Wildman–Crippen MR) is 219 cm³/mol. The number of imidazole rings is 1. The largest absolute Gasteiger partial charge is 0.444 e. The summed E-state index contributed by atoms with van der Waals surface area (Å²) < 4.78 is 25.7. The number of nitrogens with two attached hydrogens (primary N) is 1. The summed E-state index contributed by atoms with van der Waals surface area (Å²) in [6.45, 7) is 9.37. The maximum atomic E-state index is 13.1. The van der Waals surface area contributed by atoms with Gasteiger partial charge in [-0.2, -0.15) is 0 Å². The molecule has 0 radical (unpaired) electrons. The highest BCUT2D eigenvalue weighted by Crippen LogP contribution is 2.26. The van der Waals surface area contributed by atoms with E-state index in [4.69, 9.17) is 24.7 Å². The second-order valence-electron chi connectivity index (χ2n) is 15.4. The Morgan fingerprint density at radius 3 is 2.14 bits per heavy atom. The molecule has 1 unspecified atom stereocenters. The number of amides is 4. The van der Waals surface area contributed by atoms with Gasteiger partial charge in [0, 0.05) is 51.3 Å². The van der Waals surface area contributed by atoms with Crippen LogP contribution in [0.15, 0.2) is 47.3 Å². The van der Waals surface area contributed by atoms with Gasteiger partial charge in [0.2, 0.25) is 11.8 Å². The summed E-state index contributed by atoms with van der Waals surface area (Å²) in [7, 11) is 3.12. The third-order valence-corrected chi connectivity index (χ3v) is 9.60. The number of benzene rings is 2. The minimum atomic E-state index is -0.709. The molecular formula is C44H57N5O9. The van der Waals surface area contributed by atoms with Gasteiger partial charge in [-0.25, -0.2) is 9.59 Å². The minimum Gasteiger partial charge on any atom is -0.444 e. The quantitative estimate of drug-likeness (QED) is 0.105. The molecule has 312 valence electrons. The summed E-state index contributed by atoms with van der Waals surface area (Å²) >= 11 is 0. The van der Waals surface area contributed by atoms with E-state index in [2.05, 4.69) is 29.0 Å². The van der Waals surface area contributed by atoms with Crippen LogP contribution in [0.2, 0.25) is 0 Å². The SMILES string of the molecule is C[C@@H](OCc1ccc(C#CCOCCCCCCOCC#Cc2ccc3c(c2)n(C)c(=O)n3C2CCC(=O)N(C)C2=O)cc1)[C@H](CCC(N)=O)NC(=O)OC(C)(C)C. The van der Waals surface area contributed by atoms with E-state index in [0.29, 0.717) is 56.9 Å². The fraction of sp³-hybridized carbons (Fsp3) is 0.523. The summed E-state index contributed by atoms with van der Waals surface area (Å²) in [5.74, 6) is 11.2. The normalized spacial score (nSPS) is 15.3. The Morgan fingerprint density at radius 2 is 1.52 bits per heavy atom. The van der Waals surface area contributed by atoms with Crippen LogP contribution in [-0.4, -0.2) is 89.1 Å². The Kier molecular flexibility index (Phi) is 17.1. The highest BCUT2D eigenvalue weighted by atomic mass is 16.6. The fourth-order valence-electron chi connectivity index (χ4n) is 6.37. The molecule has 4 rings (SSSR count). The second-order valence-corrected chi connectivity index (χ2v) is 15.4. The number of primary amides is 1. The Morgan fingerprint density at radius 1 is 0.897 bits per heavy atom. The summed E-state index contributed by atoms with van der Waals surface area (Å²) in [6, 6.07) is 12.0. The number of hydrogen-bond acceptors (Lipinski definition) is 9. The number of rotatable bonds is 18. The maximum absolute atomic E-state index is 13.1. The average Bonchev–Trinajstić information content (AvgIpc) is 3.42. The Hall–Kier alpha value is -5.41. The first-order valence-electron chi connectivity index (χ1n) is 19.8. The van der Waals surface area contributed by atoms with Crippen LogP contribution in [0.4, 0.5) is 4.79 Å². The number of likely N-dealkylation sites (N-methyl/N-ethyl adjacent to an activating group) is 1. The zero-order chi connectivity index (χ0) is 42.2. The van der Waals surface area contributed by atoms with Gasteiger partial charge in [0.05, 0.1) is 29.8 Å². The molecule has 1 aliphatic heterocycles. The van der Waals surface area contributed by atoms with Gasteiger partial charge in [0.25, 0.3) is 5.91 Å². The van der Waals surface area contributed by atoms with Gasteiger partial charge in [0.15, 0.2) is 0 Å². The number of hydrogen-bond donors (Lipinski definition) is 2. The van der Waals surface area contributed by atoms with Crippen molar-refractivity contribution in [3.63, 3.8) is 0 Å². The number of imide groups is 1. The van der Waals surface area contributed by atoms with E-state index in [9.17, 15) is 24.0 Å². The standard InChI is InChI=1S/C44H57N5O9/c1-31(35(20-23-39(45)50)46-42(53)58-44(2,3)4)57-30-34-17-15-32(16-18-34)13-11-27-55-25-9-7-8-10-26-56-28-12-14-33-19-21-36-38(29-33)47(5)43(54)49(36)37-22-24-40(51)48(6)41(37)52/h15-19,21,29,31,35,37H,7-10,20,22-28,30H2,1-6H3,(H2,45,50)(H,46,53)/t31-,35+,37?/m1/s1. The molecule has 1 aromatic heterocycles. The van der Waals surface area contributed by atoms with Crippen LogP contribution in [0, 0.1) is 23.7 Å². The van der Waals surface area contributed by atoms with Crippen LogP contribution >= 0.6 is 0 Å². The van der Waals surface area contributed by atoms with Crippen molar-refractivity contribution in [2.24, 2.45) is 12.8 Å². The van der Waals surface area contributed by atoms with E-state index < -0.39 is 29.7 Å². The minimum absolute atomic E-state index is 0.114. The van der Waals surface area contributed by atoms with Gasteiger partial charge in [-0.15, -0.1) is 0 Å². The zero-order valence-corrected chi connectivity index (χ0v) is 34.6. The van der Waals surface area contributed by atoms with Crippen molar-refractivity contribution in [1.82, 2.24) is 19.4 Å². The first-order valence-corrected chi connectivity index (χ1v) is 19.8. The van der Waals surface area contributed by atoms with E-state index in [0.717, 1.165) is 47.3 Å². The number of carbonyl (C=O) groups is 4.